The molecule has 2 aromatic carbocycles. The fourth-order valence-corrected chi connectivity index (χ4v) is 2.82. The molecule has 1 amide bonds. The Morgan fingerprint density at radius 1 is 1.00 bits per heavy atom. The van der Waals surface area contributed by atoms with Crippen LogP contribution < -0.4 is 19.6 Å². The normalized spacial score (nSPS) is 10.8. The number of carbonyl (C=O) groups excluding carboxylic acids is 1. The molecule has 6 nitrogen and oxygen atoms in total. The summed E-state index contributed by atoms with van der Waals surface area (Å²) in [6.07, 6.45) is 6.99. The second kappa shape index (κ2) is 13.2. The lowest BCUT2D eigenvalue weighted by atomic mass is 10.1. The molecule has 0 aliphatic carbocycles. The number of carbonyl (C=O) groups is 1. The predicted octanol–water partition coefficient (Wildman–Crippen LogP) is 4.75. The fraction of sp³-hybridized carbons (Fsp3) is 0.417. The van der Waals surface area contributed by atoms with Crippen molar-refractivity contribution in [1.82, 2.24) is 5.43 Å². The first kappa shape index (κ1) is 23.3. The lowest BCUT2D eigenvalue weighted by Gasteiger charge is -2.11. The minimum Gasteiger partial charge on any atom is -0.493 e. The molecular weight excluding hydrogens is 380 g/mol. The predicted molar refractivity (Wildman–Crippen MR) is 120 cm³/mol. The first-order chi connectivity index (χ1) is 14.7. The topological polar surface area (TPSA) is 69.2 Å². The van der Waals surface area contributed by atoms with Crippen molar-refractivity contribution in [2.45, 2.75) is 46.0 Å². The molecule has 0 saturated heterocycles. The van der Waals surface area contributed by atoms with Gasteiger partial charge in [0.05, 0.1) is 19.9 Å². The number of rotatable bonds is 13. The van der Waals surface area contributed by atoms with Gasteiger partial charge in [0, 0.05) is 0 Å². The van der Waals surface area contributed by atoms with Crippen molar-refractivity contribution in [3.05, 3.63) is 53.6 Å². The Hall–Kier alpha value is -3.02. The molecule has 6 heteroatoms. The number of aryl methyl sites for hydroxylation is 1. The molecule has 30 heavy (non-hydrogen) atoms. The SMILES string of the molecule is CCCCCOc1ccc(/C=N/NC(=O)COc2ccc(CCC)cc2)cc1OC. The van der Waals surface area contributed by atoms with Crippen LogP contribution in [0.5, 0.6) is 17.2 Å². The number of hydrogen-bond acceptors (Lipinski definition) is 5. The maximum absolute atomic E-state index is 11.9. The molecule has 0 unspecified atom stereocenters. The van der Waals surface area contributed by atoms with Crippen LogP contribution in [0.1, 0.15) is 50.7 Å². The highest BCUT2D eigenvalue weighted by atomic mass is 16.5. The van der Waals surface area contributed by atoms with Gasteiger partial charge in [-0.05, 0) is 54.3 Å². The summed E-state index contributed by atoms with van der Waals surface area (Å²) in [4.78, 5) is 11.9. The summed E-state index contributed by atoms with van der Waals surface area (Å²) < 4.78 is 16.6. The van der Waals surface area contributed by atoms with Gasteiger partial charge < -0.3 is 14.2 Å². The van der Waals surface area contributed by atoms with Crippen LogP contribution in [0, 0.1) is 0 Å². The first-order valence-electron chi connectivity index (χ1n) is 10.5. The standard InChI is InChI=1S/C24H32N2O4/c1-4-6-7-15-29-22-14-11-20(16-23(22)28-3)17-25-26-24(27)18-30-21-12-9-19(8-5-2)10-13-21/h9-14,16-17H,4-8,15,18H2,1-3H3,(H,26,27)/b25-17+. The van der Waals surface area contributed by atoms with E-state index in [1.54, 1.807) is 13.3 Å². The molecule has 0 fully saturated rings. The number of nitrogens with zero attached hydrogens (tertiary/aromatic N) is 1. The molecule has 0 aromatic heterocycles. The molecule has 2 aromatic rings. The van der Waals surface area contributed by atoms with E-state index >= 15 is 0 Å². The Bertz CT molecular complexity index is 803. The first-order valence-corrected chi connectivity index (χ1v) is 10.5. The van der Waals surface area contributed by atoms with Gasteiger partial charge in [-0.1, -0.05) is 45.2 Å². The van der Waals surface area contributed by atoms with Crippen molar-refractivity contribution in [3.8, 4) is 17.2 Å². The van der Waals surface area contributed by atoms with Gasteiger partial charge in [-0.2, -0.15) is 5.10 Å². The highest BCUT2D eigenvalue weighted by Crippen LogP contribution is 2.27. The van der Waals surface area contributed by atoms with Crippen LogP contribution in [-0.4, -0.2) is 32.4 Å². The Labute approximate surface area is 179 Å². The van der Waals surface area contributed by atoms with Gasteiger partial charge in [0.25, 0.3) is 5.91 Å². The second-order valence-corrected chi connectivity index (χ2v) is 6.94. The van der Waals surface area contributed by atoms with Gasteiger partial charge in [0.1, 0.15) is 5.75 Å². The zero-order valence-electron chi connectivity index (χ0n) is 18.1. The number of hydrogen-bond donors (Lipinski definition) is 1. The molecule has 0 aliphatic heterocycles. The van der Waals surface area contributed by atoms with Crippen molar-refractivity contribution < 1.29 is 19.0 Å². The van der Waals surface area contributed by atoms with Crippen molar-refractivity contribution in [2.24, 2.45) is 5.10 Å². The molecule has 1 N–H and O–H groups in total. The number of amides is 1. The van der Waals surface area contributed by atoms with E-state index in [4.69, 9.17) is 14.2 Å². The Kier molecular flexibility index (Phi) is 10.3. The zero-order valence-corrected chi connectivity index (χ0v) is 18.1. The third-order valence-electron chi connectivity index (χ3n) is 4.43. The average Bonchev–Trinajstić information content (AvgIpc) is 2.77. The summed E-state index contributed by atoms with van der Waals surface area (Å²) in [5.74, 6) is 1.67. The number of unbranched alkanes of at least 4 members (excludes halogenated alkanes) is 2. The van der Waals surface area contributed by atoms with E-state index < -0.39 is 0 Å². The van der Waals surface area contributed by atoms with Crippen LogP contribution in [0.2, 0.25) is 0 Å². The average molecular weight is 413 g/mol. The van der Waals surface area contributed by atoms with Gasteiger partial charge in [-0.25, -0.2) is 5.43 Å². The number of hydrazone groups is 1. The molecular formula is C24H32N2O4. The largest absolute Gasteiger partial charge is 0.493 e. The molecule has 0 aliphatic rings. The minimum atomic E-state index is -0.327. The smallest absolute Gasteiger partial charge is 0.277 e. The summed E-state index contributed by atoms with van der Waals surface area (Å²) in [5, 5.41) is 3.98. The third-order valence-corrected chi connectivity index (χ3v) is 4.43. The Morgan fingerprint density at radius 3 is 2.50 bits per heavy atom. The van der Waals surface area contributed by atoms with Gasteiger partial charge in [0.2, 0.25) is 0 Å². The van der Waals surface area contributed by atoms with E-state index in [9.17, 15) is 4.79 Å². The van der Waals surface area contributed by atoms with E-state index in [0.717, 1.165) is 37.7 Å². The highest BCUT2D eigenvalue weighted by molar-refractivity contribution is 5.83. The molecule has 162 valence electrons. The molecule has 0 bridgehead atoms. The number of ether oxygens (including phenoxy) is 3. The van der Waals surface area contributed by atoms with E-state index in [-0.39, 0.29) is 12.5 Å². The molecule has 0 heterocycles. The Morgan fingerprint density at radius 2 is 1.80 bits per heavy atom. The van der Waals surface area contributed by atoms with Crippen LogP contribution >= 0.6 is 0 Å². The van der Waals surface area contributed by atoms with Gasteiger partial charge in [-0.15, -0.1) is 0 Å². The van der Waals surface area contributed by atoms with Gasteiger partial charge in [-0.3, -0.25) is 4.79 Å². The number of nitrogens with one attached hydrogen (secondary N) is 1. The van der Waals surface area contributed by atoms with Crippen molar-refractivity contribution >= 4 is 12.1 Å². The summed E-state index contributed by atoms with van der Waals surface area (Å²) in [5.41, 5.74) is 4.52. The van der Waals surface area contributed by atoms with E-state index in [1.807, 2.05) is 42.5 Å². The summed E-state index contributed by atoms with van der Waals surface area (Å²) >= 11 is 0. The lowest BCUT2D eigenvalue weighted by Crippen LogP contribution is -2.24. The number of benzene rings is 2. The van der Waals surface area contributed by atoms with Crippen LogP contribution in [-0.2, 0) is 11.2 Å². The maximum Gasteiger partial charge on any atom is 0.277 e. The number of methoxy groups -OCH3 is 1. The van der Waals surface area contributed by atoms with E-state index in [2.05, 4.69) is 24.4 Å². The fourth-order valence-electron chi connectivity index (χ4n) is 2.82. The maximum atomic E-state index is 11.9. The molecule has 0 spiro atoms. The molecule has 0 saturated carbocycles. The summed E-state index contributed by atoms with van der Waals surface area (Å²) in [6, 6.07) is 13.3. The van der Waals surface area contributed by atoms with Crippen LogP contribution in [0.3, 0.4) is 0 Å². The van der Waals surface area contributed by atoms with Crippen molar-refractivity contribution in [3.63, 3.8) is 0 Å². The van der Waals surface area contributed by atoms with Crippen LogP contribution in [0.25, 0.3) is 0 Å². The van der Waals surface area contributed by atoms with Gasteiger partial charge in [0.15, 0.2) is 18.1 Å². The highest BCUT2D eigenvalue weighted by Gasteiger charge is 2.06. The van der Waals surface area contributed by atoms with Crippen molar-refractivity contribution in [2.75, 3.05) is 20.3 Å². The monoisotopic (exact) mass is 412 g/mol. The summed E-state index contributed by atoms with van der Waals surface area (Å²) in [6.45, 7) is 4.86. The third kappa shape index (κ3) is 8.15. The summed E-state index contributed by atoms with van der Waals surface area (Å²) in [7, 11) is 1.60. The second-order valence-electron chi connectivity index (χ2n) is 6.94. The quantitative estimate of drug-likeness (QED) is 0.293. The Balaban J connectivity index is 1.80. The minimum absolute atomic E-state index is 0.0989. The molecule has 0 radical (unpaired) electrons. The van der Waals surface area contributed by atoms with E-state index in [0.29, 0.717) is 23.9 Å². The zero-order chi connectivity index (χ0) is 21.6. The van der Waals surface area contributed by atoms with Crippen LogP contribution in [0.4, 0.5) is 0 Å². The van der Waals surface area contributed by atoms with Crippen LogP contribution in [0.15, 0.2) is 47.6 Å². The van der Waals surface area contributed by atoms with E-state index in [1.165, 1.54) is 5.56 Å². The lowest BCUT2D eigenvalue weighted by molar-refractivity contribution is -0.123. The molecule has 0 atom stereocenters. The van der Waals surface area contributed by atoms with Crippen molar-refractivity contribution in [1.29, 1.82) is 0 Å². The van der Waals surface area contributed by atoms with Gasteiger partial charge >= 0.3 is 0 Å². The molecule has 2 rings (SSSR count).